The molecule has 2 aromatic rings. The van der Waals surface area contributed by atoms with Gasteiger partial charge in [0.15, 0.2) is 0 Å². The minimum absolute atomic E-state index is 0.0262. The van der Waals surface area contributed by atoms with E-state index in [0.717, 1.165) is 42.3 Å². The van der Waals surface area contributed by atoms with E-state index in [1.54, 1.807) is 4.90 Å². The molecule has 6 nitrogen and oxygen atoms in total. The van der Waals surface area contributed by atoms with Crippen molar-refractivity contribution >= 4 is 17.4 Å². The van der Waals surface area contributed by atoms with Gasteiger partial charge in [0.25, 0.3) is 0 Å². The van der Waals surface area contributed by atoms with Crippen molar-refractivity contribution in [2.24, 2.45) is 0 Å². The lowest BCUT2D eigenvalue weighted by molar-refractivity contribution is -0.673. The smallest absolute Gasteiger partial charge is 0.435 e. The molecule has 32 heavy (non-hydrogen) atoms. The lowest BCUT2D eigenvalue weighted by Crippen LogP contribution is -3.05. The first kappa shape index (κ1) is 22.4. The molecule has 0 bridgehead atoms. The van der Waals surface area contributed by atoms with E-state index in [9.17, 15) is 4.79 Å². The summed E-state index contributed by atoms with van der Waals surface area (Å²) in [5.41, 5.74) is 1.73. The summed E-state index contributed by atoms with van der Waals surface area (Å²) in [5.74, 6) is 1.69. The molecular formula is C26H34N3O3+. The summed E-state index contributed by atoms with van der Waals surface area (Å²) in [5, 5.41) is 0. The first-order chi connectivity index (χ1) is 15.5. The predicted octanol–water partition coefficient (Wildman–Crippen LogP) is 4.35. The van der Waals surface area contributed by atoms with Crippen LogP contribution in [0.3, 0.4) is 0 Å². The number of anilines is 1. The van der Waals surface area contributed by atoms with Gasteiger partial charge in [-0.05, 0) is 83.0 Å². The van der Waals surface area contributed by atoms with E-state index in [4.69, 9.17) is 9.47 Å². The normalized spacial score (nSPS) is 18.8. The Kier molecular flexibility index (Phi) is 7.12. The van der Waals surface area contributed by atoms with E-state index in [1.807, 2.05) is 60.9 Å². The van der Waals surface area contributed by atoms with Crippen LogP contribution in [0.2, 0.25) is 0 Å². The zero-order valence-electron chi connectivity index (χ0n) is 19.3. The second-order valence-electron chi connectivity index (χ2n) is 8.87. The average Bonchev–Trinajstić information content (AvgIpc) is 3.44. The summed E-state index contributed by atoms with van der Waals surface area (Å²) in [6.07, 6.45) is 8.80. The van der Waals surface area contributed by atoms with Crippen molar-refractivity contribution < 1.29 is 19.2 Å². The molecule has 0 radical (unpaired) electrons. The lowest BCUT2D eigenvalue weighted by atomic mass is 10.2. The summed E-state index contributed by atoms with van der Waals surface area (Å²) < 4.78 is 11.9. The van der Waals surface area contributed by atoms with Crippen molar-refractivity contribution in [2.45, 2.75) is 51.7 Å². The predicted molar refractivity (Wildman–Crippen MR) is 127 cm³/mol. The van der Waals surface area contributed by atoms with E-state index >= 15 is 0 Å². The van der Waals surface area contributed by atoms with Gasteiger partial charge in [-0.15, -0.1) is 0 Å². The molecule has 1 unspecified atom stereocenters. The first-order valence-electron chi connectivity index (χ1n) is 11.6. The fourth-order valence-corrected chi connectivity index (χ4v) is 4.02. The molecule has 1 aliphatic heterocycles. The minimum Gasteiger partial charge on any atom is -0.492 e. The van der Waals surface area contributed by atoms with Crippen LogP contribution in [0.4, 0.5) is 16.2 Å². The van der Waals surface area contributed by atoms with Crippen LogP contribution in [-0.2, 0) is 0 Å². The largest absolute Gasteiger partial charge is 0.492 e. The molecule has 170 valence electrons. The molecule has 1 atom stereocenters. The Bertz CT molecular complexity index is 918. The number of quaternary nitrogens is 1. The van der Waals surface area contributed by atoms with Crippen molar-refractivity contribution in [2.75, 3.05) is 25.1 Å². The molecule has 2 amide bonds. The highest BCUT2D eigenvalue weighted by atomic mass is 16.5. The number of amides is 2. The lowest BCUT2D eigenvalue weighted by Gasteiger charge is -2.21. The molecule has 0 spiro atoms. The Labute approximate surface area is 191 Å². The van der Waals surface area contributed by atoms with Crippen LogP contribution in [0.15, 0.2) is 60.9 Å². The summed E-state index contributed by atoms with van der Waals surface area (Å²) in [7, 11) is 2.09. The van der Waals surface area contributed by atoms with Gasteiger partial charge in [0.05, 0.1) is 18.0 Å². The molecule has 1 N–H and O–H groups in total. The maximum absolute atomic E-state index is 13.0. The van der Waals surface area contributed by atoms with Gasteiger partial charge in [-0.2, -0.15) is 4.90 Å². The molecule has 1 saturated carbocycles. The molecule has 6 heteroatoms. The van der Waals surface area contributed by atoms with Crippen LogP contribution in [-0.4, -0.2) is 43.3 Å². The van der Waals surface area contributed by atoms with Gasteiger partial charge < -0.3 is 14.4 Å². The maximum atomic E-state index is 13.0. The third kappa shape index (κ3) is 5.31. The number of nitrogens with zero attached hydrogens (tertiary/aromatic N) is 2. The van der Waals surface area contributed by atoms with Gasteiger partial charge in [0.1, 0.15) is 30.0 Å². The number of urea groups is 1. The molecule has 2 aliphatic rings. The van der Waals surface area contributed by atoms with E-state index < -0.39 is 0 Å². The molecule has 1 aliphatic carbocycles. The van der Waals surface area contributed by atoms with Crippen molar-refractivity contribution in [3.63, 3.8) is 0 Å². The Hall–Kier alpha value is -2.83. The third-order valence-electron chi connectivity index (χ3n) is 6.32. The Morgan fingerprint density at radius 2 is 1.69 bits per heavy atom. The van der Waals surface area contributed by atoms with E-state index in [-0.39, 0.29) is 6.03 Å². The maximum Gasteiger partial charge on any atom is 0.435 e. The van der Waals surface area contributed by atoms with Crippen LogP contribution < -0.4 is 19.3 Å². The number of rotatable bonds is 9. The second-order valence-corrected chi connectivity index (χ2v) is 8.87. The summed E-state index contributed by atoms with van der Waals surface area (Å²) in [4.78, 5) is 17.6. The van der Waals surface area contributed by atoms with Gasteiger partial charge in [-0.3, -0.25) is 0 Å². The van der Waals surface area contributed by atoms with Crippen molar-refractivity contribution in [3.8, 4) is 11.5 Å². The Balaban J connectivity index is 1.32. The van der Waals surface area contributed by atoms with Gasteiger partial charge >= 0.3 is 6.03 Å². The van der Waals surface area contributed by atoms with Crippen molar-refractivity contribution in [3.05, 3.63) is 60.9 Å². The molecule has 2 aromatic carbocycles. The third-order valence-corrected chi connectivity index (χ3v) is 6.32. The zero-order valence-corrected chi connectivity index (χ0v) is 19.3. The molecule has 0 saturated heterocycles. The Morgan fingerprint density at radius 1 is 1.03 bits per heavy atom. The quantitative estimate of drug-likeness (QED) is 0.635. The van der Waals surface area contributed by atoms with Crippen LogP contribution in [0.5, 0.6) is 11.5 Å². The second kappa shape index (κ2) is 10.2. The van der Waals surface area contributed by atoms with Crippen LogP contribution in [0, 0.1) is 0 Å². The standard InChI is InChI=1S/C26H33N3O3/c1-20(2)27(3)18-19-31-23-12-8-21(9-13-23)28-16-17-29(26(28)30)22-10-14-25(15-11-22)32-24-6-4-5-7-24/h8-17,20,24H,4-7,18-19H2,1-3H3/p+1. The number of carbonyl (C=O) groups excluding carboxylic acids is 1. The fourth-order valence-electron chi connectivity index (χ4n) is 4.02. The van der Waals surface area contributed by atoms with Gasteiger partial charge in [-0.25, -0.2) is 9.69 Å². The molecule has 1 fully saturated rings. The number of hydrogen-bond acceptors (Lipinski definition) is 4. The van der Waals surface area contributed by atoms with E-state index in [2.05, 4.69) is 25.8 Å². The van der Waals surface area contributed by atoms with Crippen LogP contribution in [0.25, 0.3) is 0 Å². The zero-order chi connectivity index (χ0) is 22.5. The number of likely N-dealkylation sites (N-methyl/N-ethyl adjacent to an activating group) is 1. The van der Waals surface area contributed by atoms with Gasteiger partial charge in [0.2, 0.25) is 0 Å². The monoisotopic (exact) mass is 436 g/mol. The number of hydrogen-bond donors (Lipinski definition) is 1. The number of ether oxygens (including phenoxy) is 2. The summed E-state index contributed by atoms with van der Waals surface area (Å²) in [6, 6.07) is 16.0. The summed E-state index contributed by atoms with van der Waals surface area (Å²) >= 11 is 0. The highest BCUT2D eigenvalue weighted by Gasteiger charge is 2.32. The van der Waals surface area contributed by atoms with Crippen LogP contribution in [0.1, 0.15) is 39.5 Å². The highest BCUT2D eigenvalue weighted by Crippen LogP contribution is 2.25. The first-order valence-corrected chi connectivity index (χ1v) is 11.6. The number of carbonyl (C=O) groups is 1. The highest BCUT2D eigenvalue weighted by molar-refractivity contribution is 5.91. The molecular weight excluding hydrogens is 402 g/mol. The van der Waals surface area contributed by atoms with E-state index in [0.29, 0.717) is 23.7 Å². The summed E-state index contributed by atoms with van der Waals surface area (Å²) in [6.45, 7) is 5.84. The SMILES string of the molecule is CC(C)N(C)CCOc1ccc(N2C=C[NH+](c3ccc(OC4CCCC4)cc3)C2=O)cc1. The Morgan fingerprint density at radius 3 is 2.34 bits per heavy atom. The van der Waals surface area contributed by atoms with E-state index in [1.165, 1.54) is 12.8 Å². The minimum atomic E-state index is -0.0262. The average molecular weight is 437 g/mol. The molecule has 0 aromatic heterocycles. The van der Waals surface area contributed by atoms with Gasteiger partial charge in [0, 0.05) is 24.7 Å². The topological polar surface area (TPSA) is 46.5 Å². The van der Waals surface area contributed by atoms with Crippen LogP contribution >= 0.6 is 0 Å². The molecule has 1 heterocycles. The van der Waals surface area contributed by atoms with Crippen molar-refractivity contribution in [1.82, 2.24) is 4.90 Å². The van der Waals surface area contributed by atoms with Crippen molar-refractivity contribution in [1.29, 1.82) is 0 Å². The van der Waals surface area contributed by atoms with Gasteiger partial charge in [-0.1, -0.05) is 0 Å². The number of benzene rings is 2. The fraction of sp³-hybridized carbons (Fsp3) is 0.423. The number of nitrogens with one attached hydrogen (secondary N) is 1. The molecule has 4 rings (SSSR count).